The molecule has 1 fully saturated rings. The third-order valence-corrected chi connectivity index (χ3v) is 5.80. The number of carbonyl (C=O) groups is 1. The lowest BCUT2D eigenvalue weighted by Gasteiger charge is -2.32. The number of aryl methyl sites for hydroxylation is 1. The summed E-state index contributed by atoms with van der Waals surface area (Å²) < 4.78 is 29.5. The molecule has 0 radical (unpaired) electrons. The summed E-state index contributed by atoms with van der Waals surface area (Å²) in [7, 11) is -3.70. The lowest BCUT2D eigenvalue weighted by Crippen LogP contribution is -2.39. The van der Waals surface area contributed by atoms with Crippen molar-refractivity contribution in [1.82, 2.24) is 5.06 Å². The molecule has 146 valence electrons. The molecule has 0 saturated carbocycles. The highest BCUT2D eigenvalue weighted by atomic mass is 32.2. The van der Waals surface area contributed by atoms with Gasteiger partial charge in [0.25, 0.3) is 10.1 Å². The fourth-order valence-corrected chi connectivity index (χ4v) is 3.56. The molecule has 0 bridgehead atoms. The molecule has 1 aromatic carbocycles. The van der Waals surface area contributed by atoms with Crippen molar-refractivity contribution in [1.29, 1.82) is 0 Å². The zero-order valence-corrected chi connectivity index (χ0v) is 16.8. The normalized spacial score (nSPS) is 17.2. The van der Waals surface area contributed by atoms with E-state index in [0.717, 1.165) is 18.4 Å². The van der Waals surface area contributed by atoms with Crippen molar-refractivity contribution in [3.05, 3.63) is 29.8 Å². The van der Waals surface area contributed by atoms with Crippen LogP contribution in [0.2, 0.25) is 0 Å². The van der Waals surface area contributed by atoms with E-state index in [1.807, 2.05) is 27.7 Å². The Hall–Kier alpha value is -1.44. The predicted molar refractivity (Wildman–Crippen MR) is 98.8 cm³/mol. The average molecular weight is 384 g/mol. The Bertz CT molecular complexity index is 698. The standard InChI is InChI=1S/C19H29NO5S/c1-15-5-7-17(8-6-15)26(22,23)24-14-11-16-9-12-20(13-10-16)25-18(21)19(2,3)4/h5-8,16H,9-14H2,1-4H3. The van der Waals surface area contributed by atoms with Crippen LogP contribution < -0.4 is 0 Å². The maximum atomic E-state index is 12.2. The Morgan fingerprint density at radius 2 is 1.73 bits per heavy atom. The van der Waals surface area contributed by atoms with E-state index in [-0.39, 0.29) is 17.5 Å². The van der Waals surface area contributed by atoms with Gasteiger partial charge in [-0.15, -0.1) is 5.06 Å². The van der Waals surface area contributed by atoms with Crippen LogP contribution in [0.1, 0.15) is 45.6 Å². The van der Waals surface area contributed by atoms with Gasteiger partial charge in [-0.1, -0.05) is 17.7 Å². The van der Waals surface area contributed by atoms with Crippen molar-refractivity contribution in [3.63, 3.8) is 0 Å². The molecule has 1 aliphatic rings. The topological polar surface area (TPSA) is 72.9 Å². The van der Waals surface area contributed by atoms with Crippen LogP contribution in [-0.4, -0.2) is 39.1 Å². The molecule has 2 rings (SSSR count). The summed E-state index contributed by atoms with van der Waals surface area (Å²) in [5.41, 5.74) is 0.484. The molecular formula is C19H29NO5S. The predicted octanol–water partition coefficient (Wildman–Crippen LogP) is 3.31. The van der Waals surface area contributed by atoms with E-state index in [0.29, 0.717) is 25.4 Å². The summed E-state index contributed by atoms with van der Waals surface area (Å²) >= 11 is 0. The van der Waals surface area contributed by atoms with E-state index in [1.54, 1.807) is 29.3 Å². The molecule has 1 aromatic rings. The van der Waals surface area contributed by atoms with Gasteiger partial charge in [-0.2, -0.15) is 8.42 Å². The first-order chi connectivity index (χ1) is 12.1. The summed E-state index contributed by atoms with van der Waals surface area (Å²) in [5.74, 6) is 0.135. The number of nitrogens with zero attached hydrogens (tertiary/aromatic N) is 1. The Labute approximate surface area is 156 Å². The lowest BCUT2D eigenvalue weighted by molar-refractivity contribution is -0.206. The second-order valence-corrected chi connectivity index (χ2v) is 9.49. The number of hydrogen-bond acceptors (Lipinski definition) is 6. The van der Waals surface area contributed by atoms with Crippen molar-refractivity contribution < 1.29 is 22.2 Å². The van der Waals surface area contributed by atoms with E-state index in [2.05, 4.69) is 0 Å². The van der Waals surface area contributed by atoms with Crippen LogP contribution in [0, 0.1) is 18.3 Å². The maximum absolute atomic E-state index is 12.2. The Morgan fingerprint density at radius 1 is 1.15 bits per heavy atom. The average Bonchev–Trinajstić information content (AvgIpc) is 2.56. The third-order valence-electron chi connectivity index (χ3n) is 4.47. The molecule has 6 nitrogen and oxygen atoms in total. The van der Waals surface area contributed by atoms with Gasteiger partial charge in [0, 0.05) is 13.1 Å². The van der Waals surface area contributed by atoms with Crippen molar-refractivity contribution in [2.75, 3.05) is 19.7 Å². The van der Waals surface area contributed by atoms with Gasteiger partial charge in [0.15, 0.2) is 0 Å². The molecule has 1 heterocycles. The summed E-state index contributed by atoms with van der Waals surface area (Å²) in [5, 5.41) is 1.70. The monoisotopic (exact) mass is 383 g/mol. The van der Waals surface area contributed by atoms with Gasteiger partial charge in [0.2, 0.25) is 0 Å². The van der Waals surface area contributed by atoms with Crippen LogP contribution in [0.25, 0.3) is 0 Å². The second-order valence-electron chi connectivity index (χ2n) is 7.88. The van der Waals surface area contributed by atoms with Crippen LogP contribution in [0.5, 0.6) is 0 Å². The number of benzene rings is 1. The number of carbonyl (C=O) groups excluding carboxylic acids is 1. The minimum atomic E-state index is -3.70. The molecule has 0 amide bonds. The molecule has 7 heteroatoms. The number of rotatable bonds is 6. The van der Waals surface area contributed by atoms with Gasteiger partial charge in [-0.25, -0.2) is 4.79 Å². The quantitative estimate of drug-likeness (QED) is 0.702. The minimum Gasteiger partial charge on any atom is -0.367 e. The van der Waals surface area contributed by atoms with E-state index in [4.69, 9.17) is 9.02 Å². The van der Waals surface area contributed by atoms with Gasteiger partial charge in [-0.05, 0) is 65.0 Å². The van der Waals surface area contributed by atoms with Gasteiger partial charge in [0.05, 0.1) is 16.9 Å². The number of hydrogen-bond donors (Lipinski definition) is 0. The van der Waals surface area contributed by atoms with Gasteiger partial charge < -0.3 is 4.84 Å². The molecule has 0 spiro atoms. The smallest absolute Gasteiger partial charge is 0.330 e. The molecule has 1 aliphatic heterocycles. The highest BCUT2D eigenvalue weighted by Crippen LogP contribution is 2.24. The van der Waals surface area contributed by atoms with Gasteiger partial charge in [0.1, 0.15) is 0 Å². The molecule has 0 unspecified atom stereocenters. The van der Waals surface area contributed by atoms with Crippen molar-refractivity contribution >= 4 is 16.1 Å². The largest absolute Gasteiger partial charge is 0.367 e. The zero-order valence-electron chi connectivity index (χ0n) is 16.0. The first-order valence-electron chi connectivity index (χ1n) is 9.01. The molecule has 0 aliphatic carbocycles. The van der Waals surface area contributed by atoms with E-state index in [1.165, 1.54) is 0 Å². The van der Waals surface area contributed by atoms with Gasteiger partial charge >= 0.3 is 5.97 Å². The van der Waals surface area contributed by atoms with Crippen LogP contribution in [-0.2, 0) is 23.9 Å². The summed E-state index contributed by atoms with van der Waals surface area (Å²) in [4.78, 5) is 17.5. The summed E-state index contributed by atoms with van der Waals surface area (Å²) in [6.07, 6.45) is 2.38. The van der Waals surface area contributed by atoms with Crippen molar-refractivity contribution in [3.8, 4) is 0 Å². The van der Waals surface area contributed by atoms with Crippen LogP contribution >= 0.6 is 0 Å². The van der Waals surface area contributed by atoms with Crippen molar-refractivity contribution in [2.24, 2.45) is 11.3 Å². The lowest BCUT2D eigenvalue weighted by atomic mass is 9.95. The molecular weight excluding hydrogens is 354 g/mol. The van der Waals surface area contributed by atoms with Crippen LogP contribution in [0.3, 0.4) is 0 Å². The molecule has 26 heavy (non-hydrogen) atoms. The molecule has 1 saturated heterocycles. The van der Waals surface area contributed by atoms with Gasteiger partial charge in [-0.3, -0.25) is 4.18 Å². The Morgan fingerprint density at radius 3 is 2.27 bits per heavy atom. The first kappa shape index (κ1) is 20.9. The summed E-state index contributed by atoms with van der Waals surface area (Å²) in [6, 6.07) is 6.63. The van der Waals surface area contributed by atoms with E-state index in [9.17, 15) is 13.2 Å². The number of piperidine rings is 1. The van der Waals surface area contributed by atoms with E-state index < -0.39 is 15.5 Å². The highest BCUT2D eigenvalue weighted by molar-refractivity contribution is 7.86. The second kappa shape index (κ2) is 8.50. The number of hydroxylamine groups is 2. The fraction of sp³-hybridized carbons (Fsp3) is 0.632. The minimum absolute atomic E-state index is 0.169. The maximum Gasteiger partial charge on any atom is 0.330 e. The van der Waals surface area contributed by atoms with Crippen molar-refractivity contribution in [2.45, 2.75) is 51.9 Å². The first-order valence-corrected chi connectivity index (χ1v) is 10.4. The zero-order chi connectivity index (χ0) is 19.4. The molecule has 0 atom stereocenters. The SMILES string of the molecule is Cc1ccc(S(=O)(=O)OCCC2CCN(OC(=O)C(C)(C)C)CC2)cc1. The third kappa shape index (κ3) is 6.07. The van der Waals surface area contributed by atoms with Crippen LogP contribution in [0.4, 0.5) is 0 Å². The highest BCUT2D eigenvalue weighted by Gasteiger charge is 2.28. The Kier molecular flexibility index (Phi) is 6.82. The molecule has 0 aromatic heterocycles. The fourth-order valence-electron chi connectivity index (χ4n) is 2.64. The summed E-state index contributed by atoms with van der Waals surface area (Å²) in [6.45, 7) is 8.88. The Balaban J connectivity index is 1.73. The molecule has 0 N–H and O–H groups in total. The van der Waals surface area contributed by atoms with E-state index >= 15 is 0 Å². The van der Waals surface area contributed by atoms with Crippen LogP contribution in [0.15, 0.2) is 29.2 Å².